The Bertz CT molecular complexity index is 798. The molecule has 1 aromatic heterocycles. The highest BCUT2D eigenvalue weighted by Gasteiger charge is 2.17. The first kappa shape index (κ1) is 17.0. The van der Waals surface area contributed by atoms with E-state index in [0.717, 1.165) is 17.0 Å². The van der Waals surface area contributed by atoms with Crippen LogP contribution < -0.4 is 10.9 Å². The number of ether oxygens (including phenoxy) is 2. The summed E-state index contributed by atoms with van der Waals surface area (Å²) < 4.78 is 10.1. The van der Waals surface area contributed by atoms with E-state index in [-0.39, 0.29) is 11.5 Å². The molecule has 1 aliphatic rings. The van der Waals surface area contributed by atoms with Gasteiger partial charge in [-0.15, -0.1) is 11.3 Å². The molecule has 0 atom stereocenters. The molecule has 1 aliphatic heterocycles. The third-order valence-corrected chi connectivity index (χ3v) is 4.40. The molecule has 2 N–H and O–H groups in total. The van der Waals surface area contributed by atoms with Crippen molar-refractivity contribution in [3.05, 3.63) is 52.9 Å². The Balaban J connectivity index is 1.60. The topological polar surface area (TPSA) is 89.6 Å². The van der Waals surface area contributed by atoms with Crippen LogP contribution in [0.2, 0.25) is 0 Å². The summed E-state index contributed by atoms with van der Waals surface area (Å²) >= 11 is 1.37. The zero-order valence-corrected chi connectivity index (χ0v) is 14.4. The summed E-state index contributed by atoms with van der Waals surface area (Å²) in [6, 6.07) is 8.04. The maximum atomic E-state index is 12.1. The summed E-state index contributed by atoms with van der Waals surface area (Å²) in [6.07, 6.45) is 2.18. The zero-order valence-electron chi connectivity index (χ0n) is 13.6. The van der Waals surface area contributed by atoms with E-state index in [1.165, 1.54) is 23.2 Å². The van der Waals surface area contributed by atoms with Crippen molar-refractivity contribution in [1.82, 2.24) is 15.8 Å². The molecule has 2 heterocycles. The molecule has 2 aromatic rings. The third kappa shape index (κ3) is 4.16. The van der Waals surface area contributed by atoms with E-state index < -0.39 is 11.8 Å². The molecule has 3 rings (SSSR count). The van der Waals surface area contributed by atoms with Crippen molar-refractivity contribution in [3.63, 3.8) is 0 Å². The fourth-order valence-electron chi connectivity index (χ4n) is 2.12. The Morgan fingerprint density at radius 1 is 1.16 bits per heavy atom. The van der Waals surface area contributed by atoms with Gasteiger partial charge in [0.2, 0.25) is 5.76 Å². The van der Waals surface area contributed by atoms with Gasteiger partial charge in [0, 0.05) is 10.9 Å². The molecule has 0 radical (unpaired) electrons. The van der Waals surface area contributed by atoms with E-state index in [2.05, 4.69) is 22.8 Å². The lowest BCUT2D eigenvalue weighted by Gasteiger charge is -2.14. The summed E-state index contributed by atoms with van der Waals surface area (Å²) in [5.41, 5.74) is 6.99. The number of thiazole rings is 1. The first-order valence-electron chi connectivity index (χ1n) is 7.77. The molecule has 130 valence electrons. The molecule has 8 heteroatoms. The Kier molecular flexibility index (Phi) is 5.30. The molecule has 2 amide bonds. The van der Waals surface area contributed by atoms with Crippen LogP contribution >= 0.6 is 11.3 Å². The van der Waals surface area contributed by atoms with Crippen LogP contribution in [0.15, 0.2) is 41.7 Å². The maximum Gasteiger partial charge on any atom is 0.308 e. The predicted octanol–water partition coefficient (Wildman–Crippen LogP) is 2.02. The van der Waals surface area contributed by atoms with Gasteiger partial charge in [0.1, 0.15) is 30.2 Å². The highest BCUT2D eigenvalue weighted by Crippen LogP contribution is 2.24. The molecule has 0 saturated heterocycles. The van der Waals surface area contributed by atoms with Gasteiger partial charge >= 0.3 is 5.91 Å². The molecule has 0 aliphatic carbocycles. The van der Waals surface area contributed by atoms with Crippen LogP contribution in [-0.2, 0) is 20.7 Å². The Labute approximate surface area is 148 Å². The lowest BCUT2D eigenvalue weighted by atomic mass is 10.1. The Morgan fingerprint density at radius 3 is 2.60 bits per heavy atom. The van der Waals surface area contributed by atoms with Gasteiger partial charge in [0.15, 0.2) is 0 Å². The van der Waals surface area contributed by atoms with E-state index in [4.69, 9.17) is 9.47 Å². The molecule has 1 aromatic carbocycles. The van der Waals surface area contributed by atoms with Gasteiger partial charge in [-0.05, 0) is 12.0 Å². The number of amides is 2. The molecular formula is C17H17N3O4S. The largest absolute Gasteiger partial charge is 0.494 e. The van der Waals surface area contributed by atoms with Crippen molar-refractivity contribution >= 4 is 23.2 Å². The van der Waals surface area contributed by atoms with Crippen LogP contribution in [0.3, 0.4) is 0 Å². The third-order valence-electron chi connectivity index (χ3n) is 3.51. The Morgan fingerprint density at radius 2 is 1.92 bits per heavy atom. The lowest BCUT2D eigenvalue weighted by Crippen LogP contribution is -2.43. The number of benzene rings is 1. The number of nitrogens with zero attached hydrogens (tertiary/aromatic N) is 1. The van der Waals surface area contributed by atoms with Crippen LogP contribution in [0.4, 0.5) is 0 Å². The van der Waals surface area contributed by atoms with Crippen LogP contribution in [0.25, 0.3) is 10.6 Å². The second-order valence-corrected chi connectivity index (χ2v) is 6.06. The first-order chi connectivity index (χ1) is 12.2. The predicted molar refractivity (Wildman–Crippen MR) is 92.5 cm³/mol. The molecule has 25 heavy (non-hydrogen) atoms. The van der Waals surface area contributed by atoms with E-state index in [1.54, 1.807) is 5.38 Å². The number of carbonyl (C=O) groups excluding carboxylic acids is 2. The normalized spacial score (nSPS) is 13.2. The number of rotatable bonds is 4. The monoisotopic (exact) mass is 359 g/mol. The smallest absolute Gasteiger partial charge is 0.308 e. The van der Waals surface area contributed by atoms with Crippen molar-refractivity contribution in [2.24, 2.45) is 0 Å². The van der Waals surface area contributed by atoms with Gasteiger partial charge in [-0.1, -0.05) is 31.2 Å². The quantitative estimate of drug-likeness (QED) is 0.815. The second kappa shape index (κ2) is 7.80. The summed E-state index contributed by atoms with van der Waals surface area (Å²) in [6.45, 7) is 2.78. The zero-order chi connectivity index (χ0) is 17.6. The average molecular weight is 359 g/mol. The van der Waals surface area contributed by atoms with Crippen LogP contribution in [0.1, 0.15) is 23.0 Å². The number of aromatic nitrogens is 1. The van der Waals surface area contributed by atoms with Gasteiger partial charge in [-0.25, -0.2) is 4.98 Å². The van der Waals surface area contributed by atoms with Crippen molar-refractivity contribution < 1.29 is 19.1 Å². The number of hydrogen-bond acceptors (Lipinski definition) is 6. The van der Waals surface area contributed by atoms with Gasteiger partial charge in [0.25, 0.3) is 5.91 Å². The van der Waals surface area contributed by atoms with Gasteiger partial charge < -0.3 is 9.47 Å². The minimum Gasteiger partial charge on any atom is -0.494 e. The Hall–Kier alpha value is -2.87. The van der Waals surface area contributed by atoms with E-state index in [0.29, 0.717) is 13.2 Å². The number of hydrogen-bond donors (Lipinski definition) is 2. The van der Waals surface area contributed by atoms with Gasteiger partial charge in [-0.2, -0.15) is 0 Å². The molecule has 0 bridgehead atoms. The molecule has 0 saturated carbocycles. The number of aryl methyl sites for hydroxylation is 1. The highest BCUT2D eigenvalue weighted by atomic mass is 32.1. The second-order valence-electron chi connectivity index (χ2n) is 5.20. The maximum absolute atomic E-state index is 12.1. The first-order valence-corrected chi connectivity index (χ1v) is 8.65. The van der Waals surface area contributed by atoms with Crippen molar-refractivity contribution in [2.45, 2.75) is 13.3 Å². The number of carbonyl (C=O) groups is 2. The van der Waals surface area contributed by atoms with Crippen molar-refractivity contribution in [2.75, 3.05) is 13.2 Å². The molecule has 0 spiro atoms. The van der Waals surface area contributed by atoms with Crippen LogP contribution in [0, 0.1) is 0 Å². The van der Waals surface area contributed by atoms with E-state index in [1.807, 2.05) is 24.3 Å². The standard InChI is InChI=1S/C17H17N3O4S/c1-2-11-3-5-12(6-4-11)17-18-13(10-25-17)15(21)19-20-16(22)14-9-23-7-8-24-14/h3-6,9-10H,2,7-8H2,1H3,(H,19,21)(H,20,22). The van der Waals surface area contributed by atoms with Crippen molar-refractivity contribution in [3.8, 4) is 10.6 Å². The summed E-state index contributed by atoms with van der Waals surface area (Å²) in [4.78, 5) is 28.2. The van der Waals surface area contributed by atoms with Crippen LogP contribution in [-0.4, -0.2) is 30.0 Å². The summed E-state index contributed by atoms with van der Waals surface area (Å²) in [7, 11) is 0. The fourth-order valence-corrected chi connectivity index (χ4v) is 2.93. The van der Waals surface area contributed by atoms with Crippen molar-refractivity contribution in [1.29, 1.82) is 0 Å². The molecular weight excluding hydrogens is 342 g/mol. The van der Waals surface area contributed by atoms with E-state index >= 15 is 0 Å². The lowest BCUT2D eigenvalue weighted by molar-refractivity contribution is -0.123. The number of hydrazine groups is 1. The van der Waals surface area contributed by atoms with Gasteiger partial charge in [-0.3, -0.25) is 20.4 Å². The molecule has 0 unspecified atom stereocenters. The van der Waals surface area contributed by atoms with Gasteiger partial charge in [0.05, 0.1) is 0 Å². The molecule has 7 nitrogen and oxygen atoms in total. The molecule has 0 fully saturated rings. The average Bonchev–Trinajstić information content (AvgIpc) is 3.17. The summed E-state index contributed by atoms with van der Waals surface area (Å²) in [5.74, 6) is -1.07. The number of nitrogens with one attached hydrogen (secondary N) is 2. The van der Waals surface area contributed by atoms with E-state index in [9.17, 15) is 9.59 Å². The highest BCUT2D eigenvalue weighted by molar-refractivity contribution is 7.13. The minimum absolute atomic E-state index is 0.0153. The summed E-state index contributed by atoms with van der Waals surface area (Å²) in [5, 5.41) is 2.38. The van der Waals surface area contributed by atoms with Crippen LogP contribution in [0.5, 0.6) is 0 Å². The minimum atomic E-state index is -0.585. The fraction of sp³-hybridized carbons (Fsp3) is 0.235. The SMILES string of the molecule is CCc1ccc(-c2nc(C(=O)NNC(=O)C3=COCCO3)cs2)cc1.